The molecule has 0 saturated heterocycles. The minimum Gasteiger partial charge on any atom is -0.352 e. The fourth-order valence-corrected chi connectivity index (χ4v) is 3.32. The molecule has 2 rings (SSSR count). The van der Waals surface area contributed by atoms with Crippen LogP contribution in [0.5, 0.6) is 0 Å². The van der Waals surface area contributed by atoms with Crippen LogP contribution in [0.1, 0.15) is 47.1 Å². The van der Waals surface area contributed by atoms with Crippen molar-refractivity contribution in [2.45, 2.75) is 38.9 Å². The first-order valence-corrected chi connectivity index (χ1v) is 9.88. The van der Waals surface area contributed by atoms with Crippen molar-refractivity contribution in [2.24, 2.45) is 5.73 Å². The maximum Gasteiger partial charge on any atom is 0.312 e. The standard InChI is InChI=1S/C20H26N4O3S/c1-13(2)24(3)19(26)15-8-6-14(7-9-15)12-22-18(25)11-16(23-20(21)27)17-5-4-10-28-17/h4-10,13,16H,11-12H2,1-3H3,(H,22,25)(H3,21,23,27). The number of carbonyl (C=O) groups excluding carboxylic acids is 3. The molecule has 1 aromatic carbocycles. The van der Waals surface area contributed by atoms with E-state index in [1.54, 1.807) is 24.1 Å². The molecule has 0 aliphatic heterocycles. The van der Waals surface area contributed by atoms with Crippen LogP contribution in [0.2, 0.25) is 0 Å². The number of rotatable bonds is 8. The van der Waals surface area contributed by atoms with Gasteiger partial charge in [0.1, 0.15) is 0 Å². The van der Waals surface area contributed by atoms with Gasteiger partial charge in [0.05, 0.1) is 12.5 Å². The summed E-state index contributed by atoms with van der Waals surface area (Å²) in [6.45, 7) is 4.25. The molecule has 0 spiro atoms. The number of hydrogen-bond donors (Lipinski definition) is 3. The van der Waals surface area contributed by atoms with Crippen LogP contribution in [0.4, 0.5) is 4.79 Å². The Bertz CT molecular complexity index is 803. The lowest BCUT2D eigenvalue weighted by Crippen LogP contribution is -2.36. The number of urea groups is 1. The van der Waals surface area contributed by atoms with Crippen molar-refractivity contribution in [3.05, 3.63) is 57.8 Å². The first-order valence-electron chi connectivity index (χ1n) is 9.00. The monoisotopic (exact) mass is 402 g/mol. The van der Waals surface area contributed by atoms with E-state index in [2.05, 4.69) is 10.6 Å². The van der Waals surface area contributed by atoms with Gasteiger partial charge in [-0.2, -0.15) is 0 Å². The second-order valence-electron chi connectivity index (χ2n) is 6.76. The molecule has 0 radical (unpaired) electrons. The number of thiophene rings is 1. The molecule has 0 bridgehead atoms. The fourth-order valence-electron chi connectivity index (χ4n) is 2.55. The van der Waals surface area contributed by atoms with Gasteiger partial charge in [-0.15, -0.1) is 11.3 Å². The zero-order chi connectivity index (χ0) is 20.7. The third-order valence-corrected chi connectivity index (χ3v) is 5.36. The molecule has 1 unspecified atom stereocenters. The van der Waals surface area contributed by atoms with Crippen LogP contribution < -0.4 is 16.4 Å². The van der Waals surface area contributed by atoms with E-state index < -0.39 is 12.1 Å². The van der Waals surface area contributed by atoms with Crippen LogP contribution in [0.25, 0.3) is 0 Å². The molecule has 150 valence electrons. The molecule has 4 N–H and O–H groups in total. The highest BCUT2D eigenvalue weighted by molar-refractivity contribution is 7.10. The second kappa shape index (κ2) is 9.89. The highest BCUT2D eigenvalue weighted by atomic mass is 32.1. The Morgan fingerprint density at radius 1 is 1.14 bits per heavy atom. The van der Waals surface area contributed by atoms with Gasteiger partial charge in [0.15, 0.2) is 0 Å². The van der Waals surface area contributed by atoms with E-state index in [0.29, 0.717) is 12.1 Å². The highest BCUT2D eigenvalue weighted by Gasteiger charge is 2.18. The molecular formula is C20H26N4O3S. The summed E-state index contributed by atoms with van der Waals surface area (Å²) < 4.78 is 0. The molecule has 2 aromatic rings. The molecule has 8 heteroatoms. The Morgan fingerprint density at radius 3 is 2.36 bits per heavy atom. The lowest BCUT2D eigenvalue weighted by molar-refractivity contribution is -0.121. The number of nitrogens with one attached hydrogen (secondary N) is 2. The minimum atomic E-state index is -0.669. The van der Waals surface area contributed by atoms with E-state index in [0.717, 1.165) is 10.4 Å². The summed E-state index contributed by atoms with van der Waals surface area (Å²) in [5, 5.41) is 7.31. The number of nitrogens with two attached hydrogens (primary N) is 1. The molecule has 0 fully saturated rings. The van der Waals surface area contributed by atoms with Crippen molar-refractivity contribution in [1.82, 2.24) is 15.5 Å². The van der Waals surface area contributed by atoms with Gasteiger partial charge in [0.2, 0.25) is 5.91 Å². The number of hydrogen-bond acceptors (Lipinski definition) is 4. The average molecular weight is 403 g/mol. The molecule has 0 aliphatic carbocycles. The largest absolute Gasteiger partial charge is 0.352 e. The fraction of sp³-hybridized carbons (Fsp3) is 0.350. The van der Waals surface area contributed by atoms with E-state index in [1.807, 2.05) is 43.5 Å². The average Bonchev–Trinajstić information content (AvgIpc) is 3.19. The van der Waals surface area contributed by atoms with Gasteiger partial charge in [-0.3, -0.25) is 9.59 Å². The predicted octanol–water partition coefficient (Wildman–Crippen LogP) is 2.64. The zero-order valence-electron chi connectivity index (χ0n) is 16.3. The van der Waals surface area contributed by atoms with Crippen molar-refractivity contribution < 1.29 is 14.4 Å². The van der Waals surface area contributed by atoms with Crippen molar-refractivity contribution in [3.63, 3.8) is 0 Å². The molecule has 28 heavy (non-hydrogen) atoms. The summed E-state index contributed by atoms with van der Waals surface area (Å²) in [5.74, 6) is -0.242. The van der Waals surface area contributed by atoms with Crippen LogP contribution in [-0.4, -0.2) is 35.8 Å². The third kappa shape index (κ3) is 6.09. The molecule has 1 atom stereocenters. The number of amides is 4. The number of carbonyl (C=O) groups is 3. The smallest absolute Gasteiger partial charge is 0.312 e. The lowest BCUT2D eigenvalue weighted by Gasteiger charge is -2.21. The number of benzene rings is 1. The molecule has 4 amide bonds. The summed E-state index contributed by atoms with van der Waals surface area (Å²) in [5.41, 5.74) is 6.70. The van der Waals surface area contributed by atoms with Crippen LogP contribution in [0, 0.1) is 0 Å². The van der Waals surface area contributed by atoms with Crippen molar-refractivity contribution in [3.8, 4) is 0 Å². The topological polar surface area (TPSA) is 105 Å². The van der Waals surface area contributed by atoms with Gasteiger partial charge in [0, 0.05) is 30.1 Å². The van der Waals surface area contributed by atoms with Gasteiger partial charge in [-0.25, -0.2) is 4.79 Å². The Morgan fingerprint density at radius 2 is 1.82 bits per heavy atom. The molecule has 0 saturated carbocycles. The first kappa shape index (κ1) is 21.4. The van der Waals surface area contributed by atoms with E-state index in [9.17, 15) is 14.4 Å². The minimum absolute atomic E-state index is 0.0399. The zero-order valence-corrected chi connectivity index (χ0v) is 17.1. The summed E-state index contributed by atoms with van der Waals surface area (Å²) >= 11 is 1.45. The Hall–Kier alpha value is -2.87. The normalized spacial score (nSPS) is 11.7. The van der Waals surface area contributed by atoms with Gasteiger partial charge in [-0.1, -0.05) is 18.2 Å². The maximum atomic E-state index is 12.3. The van der Waals surface area contributed by atoms with Crippen LogP contribution >= 0.6 is 11.3 Å². The van der Waals surface area contributed by atoms with E-state index in [-0.39, 0.29) is 24.3 Å². The number of nitrogens with zero attached hydrogens (tertiary/aromatic N) is 1. The maximum absolute atomic E-state index is 12.3. The predicted molar refractivity (Wildman–Crippen MR) is 110 cm³/mol. The summed E-state index contributed by atoms with van der Waals surface area (Å²) in [6, 6.07) is 9.85. The van der Waals surface area contributed by atoms with Crippen LogP contribution in [0.3, 0.4) is 0 Å². The van der Waals surface area contributed by atoms with E-state index in [4.69, 9.17) is 5.73 Å². The molecule has 0 aliphatic rings. The van der Waals surface area contributed by atoms with Crippen molar-refractivity contribution >= 4 is 29.2 Å². The first-order chi connectivity index (χ1) is 13.3. The summed E-state index contributed by atoms with van der Waals surface area (Å²) in [6.07, 6.45) is 0.0964. The summed E-state index contributed by atoms with van der Waals surface area (Å²) in [4.78, 5) is 38.3. The van der Waals surface area contributed by atoms with Gasteiger partial charge in [0.25, 0.3) is 5.91 Å². The molecule has 7 nitrogen and oxygen atoms in total. The molecule has 1 aromatic heterocycles. The van der Waals surface area contributed by atoms with Crippen LogP contribution in [0.15, 0.2) is 41.8 Å². The van der Waals surface area contributed by atoms with Gasteiger partial charge in [-0.05, 0) is 43.0 Å². The Kier molecular flexibility index (Phi) is 7.57. The lowest BCUT2D eigenvalue weighted by atomic mass is 10.1. The molecular weight excluding hydrogens is 376 g/mol. The van der Waals surface area contributed by atoms with Gasteiger partial charge < -0.3 is 21.3 Å². The van der Waals surface area contributed by atoms with E-state index >= 15 is 0 Å². The summed E-state index contributed by atoms with van der Waals surface area (Å²) in [7, 11) is 1.77. The third-order valence-electron chi connectivity index (χ3n) is 4.38. The van der Waals surface area contributed by atoms with Crippen molar-refractivity contribution in [1.29, 1.82) is 0 Å². The molecule has 1 heterocycles. The Balaban J connectivity index is 1.91. The van der Waals surface area contributed by atoms with Gasteiger partial charge >= 0.3 is 6.03 Å². The number of primary amides is 1. The Labute approximate surface area is 168 Å². The highest BCUT2D eigenvalue weighted by Crippen LogP contribution is 2.22. The second-order valence-corrected chi connectivity index (χ2v) is 7.74. The quantitative estimate of drug-likeness (QED) is 0.632. The SMILES string of the molecule is CC(C)N(C)C(=O)c1ccc(CNC(=O)CC(NC(N)=O)c2cccs2)cc1. The van der Waals surface area contributed by atoms with Crippen molar-refractivity contribution in [2.75, 3.05) is 7.05 Å². The van der Waals surface area contributed by atoms with E-state index in [1.165, 1.54) is 11.3 Å². The van der Waals surface area contributed by atoms with Crippen LogP contribution in [-0.2, 0) is 11.3 Å².